The molecule has 0 radical (unpaired) electrons. The van der Waals surface area contributed by atoms with Crippen molar-refractivity contribution in [1.29, 1.82) is 0 Å². The lowest BCUT2D eigenvalue weighted by molar-refractivity contribution is -0.138. The molecule has 2 aromatic rings. The zero-order valence-corrected chi connectivity index (χ0v) is 18.9. The Morgan fingerprint density at radius 3 is 2.29 bits per heavy atom. The Labute approximate surface area is 199 Å². The summed E-state index contributed by atoms with van der Waals surface area (Å²) in [7, 11) is 0. The van der Waals surface area contributed by atoms with Crippen LogP contribution in [0.2, 0.25) is 0 Å². The van der Waals surface area contributed by atoms with Gasteiger partial charge in [0.05, 0.1) is 17.8 Å². The number of ether oxygens (including phenoxy) is 2. The smallest absolute Gasteiger partial charge is 0.416 e. The molecule has 8 nitrogen and oxygen atoms in total. The van der Waals surface area contributed by atoms with Crippen LogP contribution < -0.4 is 14.9 Å². The average Bonchev–Trinajstić information content (AvgIpc) is 3.21. The summed E-state index contributed by atoms with van der Waals surface area (Å²) in [6.45, 7) is 3.03. The van der Waals surface area contributed by atoms with E-state index < -0.39 is 23.4 Å². The standard InChI is InChI=1S/C24H24F3N3O5/c1-16(29-35-20-8-4-18(5-9-20)24(25,26)27)17-2-6-19(7-3-17)33-14-21(31)30-12-10-23(11-13-30)15-28-22(32)34-23/h2-9H,10-15H2,1H3,(H,28,32)/b29-16-. The van der Waals surface area contributed by atoms with Gasteiger partial charge in [0.1, 0.15) is 11.4 Å². The third-order valence-electron chi connectivity index (χ3n) is 6.00. The van der Waals surface area contributed by atoms with E-state index in [1.807, 2.05) is 0 Å². The maximum atomic E-state index is 12.6. The fourth-order valence-electron chi connectivity index (χ4n) is 3.85. The predicted octanol–water partition coefficient (Wildman–Crippen LogP) is 3.99. The lowest BCUT2D eigenvalue weighted by Gasteiger charge is -2.37. The van der Waals surface area contributed by atoms with Crippen molar-refractivity contribution in [3.8, 4) is 11.5 Å². The first-order valence-electron chi connectivity index (χ1n) is 11.0. The number of amides is 2. The number of oxime groups is 1. The van der Waals surface area contributed by atoms with E-state index in [4.69, 9.17) is 14.3 Å². The molecule has 0 unspecified atom stereocenters. The number of alkyl carbamates (subject to hydrolysis) is 1. The molecule has 2 aromatic carbocycles. The van der Waals surface area contributed by atoms with Gasteiger partial charge < -0.3 is 24.5 Å². The van der Waals surface area contributed by atoms with E-state index in [0.29, 0.717) is 43.9 Å². The summed E-state index contributed by atoms with van der Waals surface area (Å²) in [4.78, 5) is 30.7. The number of nitrogens with zero attached hydrogens (tertiary/aromatic N) is 2. The third kappa shape index (κ3) is 6.03. The highest BCUT2D eigenvalue weighted by Gasteiger charge is 2.43. The van der Waals surface area contributed by atoms with Crippen LogP contribution in [0.1, 0.15) is 30.9 Å². The molecule has 0 aliphatic carbocycles. The van der Waals surface area contributed by atoms with E-state index in [1.165, 1.54) is 12.1 Å². The molecule has 2 aliphatic rings. The Kier molecular flexibility index (Phi) is 6.86. The summed E-state index contributed by atoms with van der Waals surface area (Å²) >= 11 is 0. The van der Waals surface area contributed by atoms with Crippen LogP contribution in [0.4, 0.5) is 18.0 Å². The molecular formula is C24H24F3N3O5. The predicted molar refractivity (Wildman–Crippen MR) is 119 cm³/mol. The first-order chi connectivity index (χ1) is 16.6. The van der Waals surface area contributed by atoms with Crippen molar-refractivity contribution in [2.24, 2.45) is 5.16 Å². The monoisotopic (exact) mass is 491 g/mol. The summed E-state index contributed by atoms with van der Waals surface area (Å²) < 4.78 is 48.9. The Balaban J connectivity index is 1.25. The summed E-state index contributed by atoms with van der Waals surface area (Å²) in [5.41, 5.74) is -0.0471. The van der Waals surface area contributed by atoms with Gasteiger partial charge in [-0.05, 0) is 61.0 Å². The van der Waals surface area contributed by atoms with Crippen molar-refractivity contribution < 1.29 is 37.1 Å². The molecule has 0 bridgehead atoms. The van der Waals surface area contributed by atoms with Crippen molar-refractivity contribution in [2.45, 2.75) is 31.5 Å². The van der Waals surface area contributed by atoms with E-state index in [1.54, 1.807) is 36.1 Å². The minimum absolute atomic E-state index is 0.117. The lowest BCUT2D eigenvalue weighted by atomic mass is 9.91. The number of piperidine rings is 1. The molecule has 2 saturated heterocycles. The van der Waals surface area contributed by atoms with E-state index in [9.17, 15) is 22.8 Å². The molecule has 2 aliphatic heterocycles. The van der Waals surface area contributed by atoms with E-state index >= 15 is 0 Å². The number of alkyl halides is 3. The van der Waals surface area contributed by atoms with E-state index in [0.717, 1.165) is 17.7 Å². The van der Waals surface area contributed by atoms with Gasteiger partial charge in [-0.25, -0.2) is 4.79 Å². The highest BCUT2D eigenvalue weighted by molar-refractivity contribution is 5.98. The van der Waals surface area contributed by atoms with Crippen molar-refractivity contribution in [3.63, 3.8) is 0 Å². The second-order valence-electron chi connectivity index (χ2n) is 8.41. The van der Waals surface area contributed by atoms with Crippen molar-refractivity contribution in [2.75, 3.05) is 26.2 Å². The zero-order valence-electron chi connectivity index (χ0n) is 18.9. The van der Waals surface area contributed by atoms with Crippen LogP contribution in [0.15, 0.2) is 53.7 Å². The maximum Gasteiger partial charge on any atom is 0.416 e. The Morgan fingerprint density at radius 2 is 1.71 bits per heavy atom. The summed E-state index contributed by atoms with van der Waals surface area (Å²) in [5.74, 6) is 0.534. The van der Waals surface area contributed by atoms with Crippen LogP contribution in [0.25, 0.3) is 0 Å². The first-order valence-corrected chi connectivity index (χ1v) is 11.0. The summed E-state index contributed by atoms with van der Waals surface area (Å²) in [6.07, 6.45) is -3.66. The molecule has 35 heavy (non-hydrogen) atoms. The van der Waals surface area contributed by atoms with Gasteiger partial charge in [0, 0.05) is 25.9 Å². The molecule has 2 fully saturated rings. The molecule has 1 spiro atoms. The van der Waals surface area contributed by atoms with Gasteiger partial charge in [-0.2, -0.15) is 13.2 Å². The van der Waals surface area contributed by atoms with Crippen LogP contribution in [0.5, 0.6) is 11.5 Å². The van der Waals surface area contributed by atoms with Gasteiger partial charge in [-0.1, -0.05) is 5.16 Å². The van der Waals surface area contributed by atoms with Crippen LogP contribution in [-0.4, -0.2) is 54.5 Å². The Bertz CT molecular complexity index is 1090. The van der Waals surface area contributed by atoms with Gasteiger partial charge in [0.2, 0.25) is 0 Å². The second kappa shape index (κ2) is 9.85. The SMILES string of the molecule is C/C(=N/Oc1ccc(C(F)(F)F)cc1)c1ccc(OCC(=O)N2CCC3(CC2)CNC(=O)O3)cc1. The van der Waals surface area contributed by atoms with Crippen molar-refractivity contribution >= 4 is 17.7 Å². The highest BCUT2D eigenvalue weighted by Crippen LogP contribution is 2.31. The minimum atomic E-state index is -4.41. The summed E-state index contributed by atoms with van der Waals surface area (Å²) in [5, 5.41) is 6.62. The molecule has 0 aromatic heterocycles. The van der Waals surface area contributed by atoms with Gasteiger partial charge in [0.25, 0.3) is 5.91 Å². The number of nitrogens with one attached hydrogen (secondary N) is 1. The molecule has 4 rings (SSSR count). The number of carbonyl (C=O) groups excluding carboxylic acids is 2. The zero-order chi connectivity index (χ0) is 25.1. The Morgan fingerprint density at radius 1 is 1.09 bits per heavy atom. The summed E-state index contributed by atoms with van der Waals surface area (Å²) in [6, 6.07) is 11.1. The van der Waals surface area contributed by atoms with Crippen LogP contribution in [0, 0.1) is 0 Å². The second-order valence-corrected chi connectivity index (χ2v) is 8.41. The Hall–Kier alpha value is -3.76. The number of hydrogen-bond acceptors (Lipinski definition) is 6. The molecule has 2 heterocycles. The van der Waals surface area contributed by atoms with Crippen LogP contribution >= 0.6 is 0 Å². The molecule has 1 N–H and O–H groups in total. The number of benzene rings is 2. The van der Waals surface area contributed by atoms with Crippen molar-refractivity contribution in [3.05, 3.63) is 59.7 Å². The molecule has 186 valence electrons. The van der Waals surface area contributed by atoms with E-state index in [2.05, 4.69) is 10.5 Å². The lowest BCUT2D eigenvalue weighted by Crippen LogP contribution is -2.49. The van der Waals surface area contributed by atoms with Gasteiger partial charge in [-0.3, -0.25) is 4.79 Å². The molecule has 2 amide bonds. The topological polar surface area (TPSA) is 89.5 Å². The number of rotatable bonds is 6. The van der Waals surface area contributed by atoms with Gasteiger partial charge in [0.15, 0.2) is 12.4 Å². The highest BCUT2D eigenvalue weighted by atomic mass is 19.4. The molecule has 11 heteroatoms. The number of carbonyl (C=O) groups is 2. The first kappa shape index (κ1) is 24.4. The van der Waals surface area contributed by atoms with Crippen LogP contribution in [-0.2, 0) is 15.7 Å². The normalized spacial score (nSPS) is 17.7. The number of likely N-dealkylation sites (tertiary alicyclic amines) is 1. The average molecular weight is 491 g/mol. The largest absolute Gasteiger partial charge is 0.484 e. The third-order valence-corrected chi connectivity index (χ3v) is 6.00. The number of hydrogen-bond donors (Lipinski definition) is 1. The molecular weight excluding hydrogens is 467 g/mol. The van der Waals surface area contributed by atoms with Gasteiger partial charge >= 0.3 is 12.3 Å². The fraction of sp³-hybridized carbons (Fsp3) is 0.375. The number of halogens is 3. The van der Waals surface area contributed by atoms with E-state index in [-0.39, 0.29) is 18.3 Å². The van der Waals surface area contributed by atoms with Crippen molar-refractivity contribution in [1.82, 2.24) is 10.2 Å². The van der Waals surface area contributed by atoms with Gasteiger partial charge in [-0.15, -0.1) is 0 Å². The minimum Gasteiger partial charge on any atom is -0.484 e. The maximum absolute atomic E-state index is 12.6. The quantitative estimate of drug-likeness (QED) is 0.488. The van der Waals surface area contributed by atoms with Crippen LogP contribution in [0.3, 0.4) is 0 Å². The fourth-order valence-corrected chi connectivity index (χ4v) is 3.85. The molecule has 0 atom stereocenters. The molecule has 0 saturated carbocycles.